The molecule has 1 amide bonds. The van der Waals surface area contributed by atoms with Crippen LogP contribution in [-0.2, 0) is 15.3 Å². The summed E-state index contributed by atoms with van der Waals surface area (Å²) in [5.74, 6) is 0.308. The second kappa shape index (κ2) is 7.00. The number of anilines is 1. The molecule has 12 nitrogen and oxygen atoms in total. The summed E-state index contributed by atoms with van der Waals surface area (Å²) in [6.07, 6.45) is -0.712. The van der Waals surface area contributed by atoms with Gasteiger partial charge in [0.25, 0.3) is 0 Å². The maximum absolute atomic E-state index is 11.7. The van der Waals surface area contributed by atoms with Crippen LogP contribution in [0, 0.1) is 0 Å². The molecule has 2 aromatic rings. The van der Waals surface area contributed by atoms with Crippen LogP contribution in [0.5, 0.6) is 0 Å². The SMILES string of the molecule is CC(=O)NC1=NN(CCO)c2ncnc3c2c1cn3[C@@]1(C)O[C@H](CO)[C@@H](O)[C@H]1O. The molecule has 0 unspecified atom stereocenters. The molecule has 0 aromatic carbocycles. The van der Waals surface area contributed by atoms with E-state index in [1.165, 1.54) is 22.8 Å². The molecule has 4 atom stereocenters. The van der Waals surface area contributed by atoms with Gasteiger partial charge in [-0.15, -0.1) is 0 Å². The third-order valence-electron chi connectivity index (χ3n) is 5.19. The van der Waals surface area contributed by atoms with Gasteiger partial charge in [-0.25, -0.2) is 15.0 Å². The Morgan fingerprint density at radius 2 is 2.10 bits per heavy atom. The van der Waals surface area contributed by atoms with Gasteiger partial charge in [-0.3, -0.25) is 4.79 Å². The number of nitrogens with zero attached hydrogens (tertiary/aromatic N) is 5. The quantitative estimate of drug-likeness (QED) is 0.380. The van der Waals surface area contributed by atoms with Crippen LogP contribution in [0.4, 0.5) is 5.82 Å². The fourth-order valence-corrected chi connectivity index (χ4v) is 3.80. The summed E-state index contributed by atoms with van der Waals surface area (Å²) in [7, 11) is 0. The number of aliphatic hydroxyl groups excluding tert-OH is 4. The Kier molecular flexibility index (Phi) is 4.75. The highest BCUT2D eigenvalue weighted by Gasteiger charge is 2.53. The number of aliphatic hydroxyl groups is 4. The lowest BCUT2D eigenvalue weighted by Gasteiger charge is -2.30. The van der Waals surface area contributed by atoms with Crippen molar-refractivity contribution in [1.82, 2.24) is 19.9 Å². The van der Waals surface area contributed by atoms with Crippen LogP contribution in [0.25, 0.3) is 11.0 Å². The maximum Gasteiger partial charge on any atom is 0.222 e. The van der Waals surface area contributed by atoms with Crippen molar-refractivity contribution in [2.75, 3.05) is 24.8 Å². The molecule has 5 N–H and O–H groups in total. The molecule has 2 aliphatic heterocycles. The lowest BCUT2D eigenvalue weighted by atomic mass is 10.0. The first-order valence-corrected chi connectivity index (χ1v) is 9.08. The van der Waals surface area contributed by atoms with Crippen LogP contribution >= 0.6 is 0 Å². The molecule has 0 radical (unpaired) electrons. The average Bonchev–Trinajstić information content (AvgIpc) is 3.19. The summed E-state index contributed by atoms with van der Waals surface area (Å²) in [4.78, 5) is 20.3. The zero-order valence-electron chi connectivity index (χ0n) is 15.8. The van der Waals surface area contributed by atoms with Crippen molar-refractivity contribution < 1.29 is 30.0 Å². The number of amidine groups is 1. The first-order valence-electron chi connectivity index (χ1n) is 9.08. The number of hydrogen-bond donors (Lipinski definition) is 5. The predicted molar refractivity (Wildman–Crippen MR) is 99.9 cm³/mol. The van der Waals surface area contributed by atoms with E-state index in [4.69, 9.17) is 4.74 Å². The highest BCUT2D eigenvalue weighted by atomic mass is 16.6. The van der Waals surface area contributed by atoms with E-state index in [0.29, 0.717) is 22.4 Å². The van der Waals surface area contributed by atoms with Crippen LogP contribution in [0.1, 0.15) is 19.4 Å². The molecular formula is C17H22N6O6. The Balaban J connectivity index is 1.92. The van der Waals surface area contributed by atoms with Gasteiger partial charge in [-0.05, 0) is 6.92 Å². The van der Waals surface area contributed by atoms with E-state index in [1.54, 1.807) is 13.1 Å². The van der Waals surface area contributed by atoms with Gasteiger partial charge in [0.2, 0.25) is 5.91 Å². The highest BCUT2D eigenvalue weighted by Crippen LogP contribution is 2.41. The highest BCUT2D eigenvalue weighted by molar-refractivity contribution is 6.18. The van der Waals surface area contributed by atoms with E-state index >= 15 is 0 Å². The van der Waals surface area contributed by atoms with E-state index in [1.807, 2.05) is 0 Å². The number of rotatable bonds is 4. The molecule has 2 aliphatic rings. The van der Waals surface area contributed by atoms with Gasteiger partial charge in [0.15, 0.2) is 17.4 Å². The van der Waals surface area contributed by atoms with Crippen molar-refractivity contribution in [3.63, 3.8) is 0 Å². The van der Waals surface area contributed by atoms with Gasteiger partial charge in [-0.2, -0.15) is 5.10 Å². The van der Waals surface area contributed by atoms with Crippen molar-refractivity contribution in [3.8, 4) is 0 Å². The Bertz CT molecular complexity index is 992. The maximum atomic E-state index is 11.7. The molecular weight excluding hydrogens is 384 g/mol. The zero-order chi connectivity index (χ0) is 20.9. The predicted octanol–water partition coefficient (Wildman–Crippen LogP) is -2.17. The number of hydrazone groups is 1. The molecule has 156 valence electrons. The number of ether oxygens (including phenoxy) is 1. The Morgan fingerprint density at radius 1 is 1.34 bits per heavy atom. The van der Waals surface area contributed by atoms with Gasteiger partial charge in [-0.1, -0.05) is 0 Å². The summed E-state index contributed by atoms with van der Waals surface area (Å²) in [5.41, 5.74) is -0.570. The Hall–Kier alpha value is -2.64. The second-order valence-corrected chi connectivity index (χ2v) is 7.11. The minimum absolute atomic E-state index is 0.140. The second-order valence-electron chi connectivity index (χ2n) is 7.11. The van der Waals surface area contributed by atoms with E-state index in [9.17, 15) is 25.2 Å². The van der Waals surface area contributed by atoms with Gasteiger partial charge in [0.1, 0.15) is 30.3 Å². The first-order chi connectivity index (χ1) is 13.8. The Morgan fingerprint density at radius 3 is 2.72 bits per heavy atom. The number of hydrogen-bond acceptors (Lipinski definition) is 10. The first kappa shape index (κ1) is 19.7. The van der Waals surface area contributed by atoms with E-state index in [0.717, 1.165) is 0 Å². The molecule has 4 rings (SSSR count). The van der Waals surface area contributed by atoms with Crippen molar-refractivity contribution in [2.45, 2.75) is 37.9 Å². The summed E-state index contributed by atoms with van der Waals surface area (Å²) in [5, 5.41) is 48.7. The molecule has 1 saturated heterocycles. The smallest absolute Gasteiger partial charge is 0.222 e. The fraction of sp³-hybridized carbons (Fsp3) is 0.529. The largest absolute Gasteiger partial charge is 0.394 e. The number of amides is 1. The van der Waals surface area contributed by atoms with Crippen molar-refractivity contribution in [1.29, 1.82) is 0 Å². The van der Waals surface area contributed by atoms with Crippen LogP contribution in [0.15, 0.2) is 17.6 Å². The Labute approximate surface area is 165 Å². The van der Waals surface area contributed by atoms with Crippen molar-refractivity contribution in [2.24, 2.45) is 5.10 Å². The third kappa shape index (κ3) is 2.88. The lowest BCUT2D eigenvalue weighted by Crippen LogP contribution is -2.43. The molecule has 2 aromatic heterocycles. The van der Waals surface area contributed by atoms with Crippen LogP contribution in [0.2, 0.25) is 0 Å². The third-order valence-corrected chi connectivity index (χ3v) is 5.19. The summed E-state index contributed by atoms with van der Waals surface area (Å²) < 4.78 is 7.33. The molecule has 0 spiro atoms. The van der Waals surface area contributed by atoms with E-state index in [-0.39, 0.29) is 24.9 Å². The van der Waals surface area contributed by atoms with Crippen molar-refractivity contribution in [3.05, 3.63) is 18.1 Å². The molecule has 0 bridgehead atoms. The van der Waals surface area contributed by atoms with Gasteiger partial charge < -0.3 is 35.0 Å². The lowest BCUT2D eigenvalue weighted by molar-refractivity contribution is -0.132. The molecule has 0 aliphatic carbocycles. The number of nitrogens with one attached hydrogen (secondary N) is 1. The average molecular weight is 406 g/mol. The minimum Gasteiger partial charge on any atom is -0.394 e. The number of aromatic nitrogens is 3. The van der Waals surface area contributed by atoms with Crippen LogP contribution in [0.3, 0.4) is 0 Å². The standard InChI is InChI=1S/C17H22N6O6/c1-8(26)20-14-9-5-22(17(2)13(28)12(27)10(6-25)29-17)15-11(9)16(19-7-18-15)23(21-14)3-4-24/h5,7,10,12-13,24-25,27-28H,3-4,6H2,1-2H3,(H,20,21,26)/t10-,12-,13-,17+/m1/s1. The van der Waals surface area contributed by atoms with Gasteiger partial charge in [0, 0.05) is 13.1 Å². The van der Waals surface area contributed by atoms with E-state index in [2.05, 4.69) is 20.4 Å². The molecule has 12 heteroatoms. The monoisotopic (exact) mass is 406 g/mol. The minimum atomic E-state index is -1.44. The zero-order valence-corrected chi connectivity index (χ0v) is 15.8. The topological polar surface area (TPSA) is 166 Å². The number of carbonyl (C=O) groups excluding carboxylic acids is 1. The number of β-amino-alcohol motifs (C(OH)–C–C–N with tert-alkyl or cyclic N) is 1. The summed E-state index contributed by atoms with van der Waals surface area (Å²) in [6, 6.07) is 0. The van der Waals surface area contributed by atoms with Crippen LogP contribution < -0.4 is 10.3 Å². The molecule has 1 fully saturated rings. The summed E-state index contributed by atoms with van der Waals surface area (Å²) in [6.45, 7) is 2.39. The normalized spacial score (nSPS) is 28.7. The van der Waals surface area contributed by atoms with Gasteiger partial charge >= 0.3 is 0 Å². The van der Waals surface area contributed by atoms with Crippen LogP contribution in [-0.4, -0.2) is 84.8 Å². The van der Waals surface area contributed by atoms with E-state index < -0.39 is 30.6 Å². The molecule has 0 saturated carbocycles. The van der Waals surface area contributed by atoms with Crippen molar-refractivity contribution >= 4 is 28.6 Å². The fourth-order valence-electron chi connectivity index (χ4n) is 3.80. The summed E-state index contributed by atoms with van der Waals surface area (Å²) >= 11 is 0. The molecule has 29 heavy (non-hydrogen) atoms. The number of carbonyl (C=O) groups is 1. The van der Waals surface area contributed by atoms with Gasteiger partial charge in [0.05, 0.1) is 30.7 Å². The molecule has 4 heterocycles.